The van der Waals surface area contributed by atoms with Crippen LogP contribution in [-0.4, -0.2) is 33.1 Å². The Hall–Kier alpha value is -2.99. The zero-order valence-electron chi connectivity index (χ0n) is 18.7. The van der Waals surface area contributed by atoms with E-state index in [0.717, 1.165) is 33.8 Å². The van der Waals surface area contributed by atoms with Gasteiger partial charge in [-0.1, -0.05) is 31.5 Å². The summed E-state index contributed by atoms with van der Waals surface area (Å²) in [6.45, 7) is 6.24. The van der Waals surface area contributed by atoms with Crippen LogP contribution in [-0.2, 0) is 16.0 Å². The van der Waals surface area contributed by atoms with Gasteiger partial charge >= 0.3 is 5.97 Å². The predicted molar refractivity (Wildman–Crippen MR) is 121 cm³/mol. The van der Waals surface area contributed by atoms with Gasteiger partial charge in [-0.05, 0) is 62.1 Å². The molecule has 2 atom stereocenters. The highest BCUT2D eigenvalue weighted by atomic mass is 19.1. The van der Waals surface area contributed by atoms with Crippen LogP contribution in [0, 0.1) is 12.7 Å². The number of ether oxygens (including phenoxy) is 1. The minimum absolute atomic E-state index is 0.0555. The smallest absolute Gasteiger partial charge is 0.308 e. The van der Waals surface area contributed by atoms with E-state index in [-0.39, 0.29) is 30.2 Å². The molecule has 0 amide bonds. The Labute approximate surface area is 187 Å². The number of benzene rings is 2. The lowest BCUT2D eigenvalue weighted by molar-refractivity contribution is -0.160. The number of carbonyl (C=O) groups excluding carboxylic acids is 1. The van der Waals surface area contributed by atoms with Crippen LogP contribution in [0.15, 0.2) is 48.5 Å². The molecule has 0 unspecified atom stereocenters. The maximum absolute atomic E-state index is 13.7. The summed E-state index contributed by atoms with van der Waals surface area (Å²) in [6.07, 6.45) is 0.751. The Balaban J connectivity index is 1.78. The number of aromatic nitrogens is 2. The number of aryl methyl sites for hydroxylation is 1. The number of cyclic esters (lactones) is 1. The number of aliphatic hydroxyl groups excluding tert-OH is 1. The Kier molecular flexibility index (Phi) is 6.42. The van der Waals surface area contributed by atoms with Crippen LogP contribution in [0.25, 0.3) is 16.9 Å². The minimum atomic E-state index is -0.655. The summed E-state index contributed by atoms with van der Waals surface area (Å²) >= 11 is 0. The quantitative estimate of drug-likeness (QED) is 0.546. The van der Waals surface area contributed by atoms with E-state index in [9.17, 15) is 14.3 Å². The van der Waals surface area contributed by atoms with E-state index in [0.29, 0.717) is 19.3 Å². The van der Waals surface area contributed by atoms with Crippen LogP contribution in [0.2, 0.25) is 0 Å². The molecule has 6 heteroatoms. The molecule has 0 spiro atoms. The molecule has 4 rings (SSSR count). The lowest BCUT2D eigenvalue weighted by atomic mass is 9.93. The number of hydrogen-bond donors (Lipinski definition) is 1. The van der Waals surface area contributed by atoms with Crippen LogP contribution >= 0.6 is 0 Å². The summed E-state index contributed by atoms with van der Waals surface area (Å²) in [5.74, 6) is -0.466. The maximum atomic E-state index is 13.7. The highest BCUT2D eigenvalue weighted by molar-refractivity contribution is 5.71. The van der Waals surface area contributed by atoms with Gasteiger partial charge in [0.05, 0.1) is 29.6 Å². The Morgan fingerprint density at radius 3 is 2.47 bits per heavy atom. The molecule has 3 aromatic rings. The lowest BCUT2D eigenvalue weighted by Crippen LogP contribution is -2.32. The van der Waals surface area contributed by atoms with E-state index in [1.807, 2.05) is 35.9 Å². The van der Waals surface area contributed by atoms with Crippen LogP contribution in [0.5, 0.6) is 0 Å². The monoisotopic (exact) mass is 436 g/mol. The van der Waals surface area contributed by atoms with Gasteiger partial charge in [0, 0.05) is 17.5 Å². The Morgan fingerprint density at radius 2 is 1.84 bits per heavy atom. The summed E-state index contributed by atoms with van der Waals surface area (Å²) in [5, 5.41) is 14.9. The van der Waals surface area contributed by atoms with E-state index in [1.165, 1.54) is 12.1 Å². The van der Waals surface area contributed by atoms with E-state index in [1.54, 1.807) is 12.1 Å². The average molecular weight is 437 g/mol. The normalized spacial score (nSPS) is 18.8. The van der Waals surface area contributed by atoms with E-state index >= 15 is 0 Å². The molecule has 1 N–H and O–H groups in total. The van der Waals surface area contributed by atoms with Crippen LogP contribution in [0.1, 0.15) is 55.8 Å². The zero-order valence-corrected chi connectivity index (χ0v) is 18.7. The molecule has 0 bridgehead atoms. The Bertz CT molecular complexity index is 1090. The van der Waals surface area contributed by atoms with Crippen molar-refractivity contribution < 1.29 is 19.0 Å². The largest absolute Gasteiger partial charge is 0.462 e. The lowest BCUT2D eigenvalue weighted by Gasteiger charge is -2.26. The second-order valence-corrected chi connectivity index (χ2v) is 8.87. The van der Waals surface area contributed by atoms with Crippen molar-refractivity contribution in [3.8, 4) is 16.9 Å². The molecule has 0 radical (unpaired) electrons. The highest BCUT2D eigenvalue weighted by Gasteiger charge is 2.29. The molecule has 32 heavy (non-hydrogen) atoms. The molecule has 2 heterocycles. The third-order valence-electron chi connectivity index (χ3n) is 5.91. The molecule has 1 aliphatic rings. The van der Waals surface area contributed by atoms with Gasteiger partial charge in [0.1, 0.15) is 11.9 Å². The SMILES string of the molecule is Cc1ccc(-n2nc(C(C)C)c(CC[C@@H]3C[C@@H](O)CC(=O)O3)c2-c2ccc(F)cc2)cc1. The molecule has 168 valence electrons. The van der Waals surface area contributed by atoms with Gasteiger partial charge in [-0.25, -0.2) is 9.07 Å². The van der Waals surface area contributed by atoms with Crippen LogP contribution < -0.4 is 0 Å². The summed E-state index contributed by atoms with van der Waals surface area (Å²) in [6, 6.07) is 14.6. The summed E-state index contributed by atoms with van der Waals surface area (Å²) in [7, 11) is 0. The van der Waals surface area contributed by atoms with Crippen LogP contribution in [0.3, 0.4) is 0 Å². The number of nitrogens with zero attached hydrogens (tertiary/aromatic N) is 2. The Morgan fingerprint density at radius 1 is 1.16 bits per heavy atom. The van der Waals surface area contributed by atoms with Crippen molar-refractivity contribution in [1.82, 2.24) is 9.78 Å². The first-order valence-corrected chi connectivity index (χ1v) is 11.1. The molecule has 0 saturated carbocycles. The number of aliphatic hydroxyl groups is 1. The fourth-order valence-electron chi connectivity index (χ4n) is 4.30. The molecule has 1 fully saturated rings. The molecule has 5 nitrogen and oxygen atoms in total. The average Bonchev–Trinajstić information content (AvgIpc) is 3.12. The second kappa shape index (κ2) is 9.25. The number of hydrogen-bond acceptors (Lipinski definition) is 4. The molecular weight excluding hydrogens is 407 g/mol. The molecular formula is C26H29FN2O3. The van der Waals surface area contributed by atoms with Crippen LogP contribution in [0.4, 0.5) is 4.39 Å². The number of rotatable bonds is 6. The van der Waals surface area contributed by atoms with Crippen molar-refractivity contribution in [3.05, 3.63) is 71.2 Å². The van der Waals surface area contributed by atoms with Gasteiger partial charge < -0.3 is 9.84 Å². The summed E-state index contributed by atoms with van der Waals surface area (Å²) in [4.78, 5) is 11.8. The first-order chi connectivity index (χ1) is 15.3. The fourth-order valence-corrected chi connectivity index (χ4v) is 4.30. The molecule has 1 saturated heterocycles. The van der Waals surface area contributed by atoms with Gasteiger partial charge in [0.2, 0.25) is 0 Å². The van der Waals surface area contributed by atoms with Gasteiger partial charge in [-0.3, -0.25) is 4.79 Å². The van der Waals surface area contributed by atoms with Gasteiger partial charge in [-0.15, -0.1) is 0 Å². The topological polar surface area (TPSA) is 64.3 Å². The van der Waals surface area contributed by atoms with Crippen molar-refractivity contribution in [1.29, 1.82) is 0 Å². The predicted octanol–water partition coefficient (Wildman–Crippen LogP) is 5.11. The third kappa shape index (κ3) is 4.75. The van der Waals surface area contributed by atoms with Crippen molar-refractivity contribution >= 4 is 5.97 Å². The molecule has 0 aliphatic carbocycles. The van der Waals surface area contributed by atoms with Gasteiger partial charge in [-0.2, -0.15) is 5.10 Å². The standard InChI is InChI=1S/C26H29FN2O3/c1-16(2)25-23(13-12-22-14-21(30)15-24(31)32-22)26(18-6-8-19(27)9-7-18)29(28-25)20-10-4-17(3)5-11-20/h4-11,16,21-22,30H,12-15H2,1-3H3/t21-,22-/m1/s1. The van der Waals surface area contributed by atoms with E-state index in [4.69, 9.17) is 9.84 Å². The highest BCUT2D eigenvalue weighted by Crippen LogP contribution is 2.34. The van der Waals surface area contributed by atoms with Gasteiger partial charge in [0.25, 0.3) is 0 Å². The van der Waals surface area contributed by atoms with E-state index < -0.39 is 6.10 Å². The molecule has 1 aliphatic heterocycles. The third-order valence-corrected chi connectivity index (χ3v) is 5.91. The minimum Gasteiger partial charge on any atom is -0.462 e. The summed E-state index contributed by atoms with van der Waals surface area (Å²) < 4.78 is 21.1. The number of halogens is 1. The molecule has 1 aromatic heterocycles. The summed E-state index contributed by atoms with van der Waals surface area (Å²) in [5.41, 5.74) is 5.91. The van der Waals surface area contributed by atoms with Crippen molar-refractivity contribution in [3.63, 3.8) is 0 Å². The van der Waals surface area contributed by atoms with E-state index in [2.05, 4.69) is 13.8 Å². The van der Waals surface area contributed by atoms with Crippen molar-refractivity contribution in [2.24, 2.45) is 0 Å². The van der Waals surface area contributed by atoms with Gasteiger partial charge in [0.15, 0.2) is 0 Å². The zero-order chi connectivity index (χ0) is 22.8. The van der Waals surface area contributed by atoms with Crippen molar-refractivity contribution in [2.75, 3.05) is 0 Å². The maximum Gasteiger partial charge on any atom is 0.308 e. The number of carbonyl (C=O) groups is 1. The second-order valence-electron chi connectivity index (χ2n) is 8.87. The number of esters is 1. The fraction of sp³-hybridized carbons (Fsp3) is 0.385. The first kappa shape index (κ1) is 22.2. The van der Waals surface area contributed by atoms with Crippen molar-refractivity contribution in [2.45, 2.75) is 64.6 Å². The first-order valence-electron chi connectivity index (χ1n) is 11.1. The molecule has 2 aromatic carbocycles.